The largest absolute Gasteiger partial charge is 0.399 e. The van der Waals surface area contributed by atoms with Crippen molar-refractivity contribution in [1.82, 2.24) is 0 Å². The summed E-state index contributed by atoms with van der Waals surface area (Å²) in [6, 6.07) is 6.44. The minimum atomic E-state index is -0.368. The molecular weight excluding hydrogens is 187 g/mol. The third kappa shape index (κ3) is 1.23. The SMILES string of the molecule is N#Cc1cc2c(F)cc(N)cc2s1. The molecule has 0 radical (unpaired) electrons. The van der Waals surface area contributed by atoms with Crippen LogP contribution in [0.2, 0.25) is 0 Å². The highest BCUT2D eigenvalue weighted by Crippen LogP contribution is 2.29. The molecule has 1 heterocycles. The molecule has 0 aliphatic carbocycles. The zero-order valence-electron chi connectivity index (χ0n) is 6.54. The summed E-state index contributed by atoms with van der Waals surface area (Å²) < 4.78 is 13.9. The second-order valence-electron chi connectivity index (χ2n) is 2.64. The van der Waals surface area contributed by atoms with Gasteiger partial charge in [-0.15, -0.1) is 11.3 Å². The van der Waals surface area contributed by atoms with Crippen LogP contribution < -0.4 is 5.73 Å². The quantitative estimate of drug-likeness (QED) is 0.652. The van der Waals surface area contributed by atoms with Gasteiger partial charge in [0.1, 0.15) is 16.8 Å². The highest BCUT2D eigenvalue weighted by Gasteiger charge is 2.06. The van der Waals surface area contributed by atoms with Crippen LogP contribution in [0.1, 0.15) is 4.88 Å². The average molecular weight is 192 g/mol. The summed E-state index contributed by atoms with van der Waals surface area (Å²) in [5, 5.41) is 9.07. The molecule has 1 aromatic heterocycles. The number of fused-ring (bicyclic) bond motifs is 1. The van der Waals surface area contributed by atoms with E-state index in [2.05, 4.69) is 0 Å². The number of hydrogen-bond donors (Lipinski definition) is 1. The highest BCUT2D eigenvalue weighted by molar-refractivity contribution is 7.19. The number of anilines is 1. The Hall–Kier alpha value is -1.60. The second kappa shape index (κ2) is 2.71. The molecule has 0 spiro atoms. The molecule has 64 valence electrons. The Morgan fingerprint density at radius 3 is 2.85 bits per heavy atom. The van der Waals surface area contributed by atoms with Crippen molar-refractivity contribution in [3.05, 3.63) is 28.9 Å². The van der Waals surface area contributed by atoms with Crippen LogP contribution in [0.15, 0.2) is 18.2 Å². The lowest BCUT2D eigenvalue weighted by molar-refractivity contribution is 0.641. The van der Waals surface area contributed by atoms with Crippen molar-refractivity contribution in [2.75, 3.05) is 5.73 Å². The number of nitriles is 1. The molecular formula is C9H5FN2S. The number of thiophene rings is 1. The summed E-state index contributed by atoms with van der Waals surface area (Å²) in [6.45, 7) is 0. The molecule has 0 atom stereocenters. The first kappa shape index (κ1) is 8.02. The number of hydrogen-bond acceptors (Lipinski definition) is 3. The van der Waals surface area contributed by atoms with Gasteiger partial charge in [-0.1, -0.05) is 0 Å². The molecule has 1 aromatic carbocycles. The summed E-state index contributed by atoms with van der Waals surface area (Å²) in [4.78, 5) is 0.500. The van der Waals surface area contributed by atoms with E-state index in [1.54, 1.807) is 6.07 Å². The lowest BCUT2D eigenvalue weighted by Gasteiger charge is -1.94. The zero-order valence-corrected chi connectivity index (χ0v) is 7.36. The summed E-state index contributed by atoms with van der Waals surface area (Å²) in [5.74, 6) is -0.368. The van der Waals surface area contributed by atoms with Crippen molar-refractivity contribution in [3.63, 3.8) is 0 Å². The van der Waals surface area contributed by atoms with Crippen LogP contribution >= 0.6 is 11.3 Å². The van der Waals surface area contributed by atoms with Crippen LogP contribution in [0.4, 0.5) is 10.1 Å². The lowest BCUT2D eigenvalue weighted by Crippen LogP contribution is -1.85. The topological polar surface area (TPSA) is 49.8 Å². The summed E-state index contributed by atoms with van der Waals surface area (Å²) >= 11 is 1.24. The van der Waals surface area contributed by atoms with Crippen LogP contribution in [0.3, 0.4) is 0 Å². The molecule has 0 bridgehead atoms. The van der Waals surface area contributed by atoms with E-state index < -0.39 is 0 Å². The van der Waals surface area contributed by atoms with Crippen molar-refractivity contribution in [2.45, 2.75) is 0 Å². The van der Waals surface area contributed by atoms with Crippen LogP contribution in [0.25, 0.3) is 10.1 Å². The zero-order chi connectivity index (χ0) is 9.42. The van der Waals surface area contributed by atoms with Gasteiger partial charge < -0.3 is 5.73 Å². The Balaban J connectivity index is 2.84. The van der Waals surface area contributed by atoms with Gasteiger partial charge in [-0.25, -0.2) is 4.39 Å². The van der Waals surface area contributed by atoms with Gasteiger partial charge in [-0.2, -0.15) is 5.26 Å². The van der Waals surface area contributed by atoms with Gasteiger partial charge in [0.15, 0.2) is 0 Å². The van der Waals surface area contributed by atoms with E-state index in [1.165, 1.54) is 23.5 Å². The standard InChI is InChI=1S/C9H5FN2S/c10-8-1-5(12)2-9-7(8)3-6(4-11)13-9/h1-3H,12H2. The number of nitrogens with two attached hydrogens (primary N) is 1. The van der Waals surface area contributed by atoms with E-state index in [0.29, 0.717) is 20.7 Å². The van der Waals surface area contributed by atoms with Crippen LogP contribution in [-0.4, -0.2) is 0 Å². The molecule has 0 amide bonds. The predicted octanol–water partition coefficient (Wildman–Crippen LogP) is 2.49. The Kier molecular flexibility index (Phi) is 1.67. The Labute approximate surface area is 78.0 Å². The van der Waals surface area contributed by atoms with Crippen molar-refractivity contribution in [3.8, 4) is 6.07 Å². The summed E-state index contributed by atoms with van der Waals surface area (Å²) in [5.41, 5.74) is 5.84. The van der Waals surface area contributed by atoms with Crippen LogP contribution in [0.5, 0.6) is 0 Å². The minimum absolute atomic E-state index is 0.368. The first-order chi connectivity index (χ1) is 6.20. The van der Waals surface area contributed by atoms with Gasteiger partial charge in [-0.05, 0) is 18.2 Å². The fourth-order valence-corrected chi connectivity index (χ4v) is 2.09. The molecule has 4 heteroatoms. The Morgan fingerprint density at radius 1 is 1.38 bits per heavy atom. The van der Waals surface area contributed by atoms with Crippen LogP contribution in [0, 0.1) is 17.1 Å². The number of nitrogens with zero attached hydrogens (tertiary/aromatic N) is 1. The van der Waals surface area contributed by atoms with Gasteiger partial charge in [0.2, 0.25) is 0 Å². The van der Waals surface area contributed by atoms with Gasteiger partial charge in [0, 0.05) is 15.8 Å². The van der Waals surface area contributed by atoms with Gasteiger partial charge in [-0.3, -0.25) is 0 Å². The maximum Gasteiger partial charge on any atom is 0.133 e. The molecule has 0 saturated carbocycles. The number of benzene rings is 1. The smallest absolute Gasteiger partial charge is 0.133 e. The molecule has 0 fully saturated rings. The molecule has 2 N–H and O–H groups in total. The molecule has 0 unspecified atom stereocenters. The predicted molar refractivity (Wildman–Crippen MR) is 50.9 cm³/mol. The first-order valence-corrected chi connectivity index (χ1v) is 4.41. The maximum atomic E-state index is 13.2. The lowest BCUT2D eigenvalue weighted by atomic mass is 10.2. The molecule has 2 nitrogen and oxygen atoms in total. The average Bonchev–Trinajstić information content (AvgIpc) is 2.47. The maximum absolute atomic E-state index is 13.2. The van der Waals surface area contributed by atoms with E-state index >= 15 is 0 Å². The van der Waals surface area contributed by atoms with E-state index in [0.717, 1.165) is 0 Å². The van der Waals surface area contributed by atoms with Gasteiger partial charge in [0.25, 0.3) is 0 Å². The molecule has 0 saturated heterocycles. The fourth-order valence-electron chi connectivity index (χ4n) is 1.17. The summed E-state index contributed by atoms with van der Waals surface area (Å²) in [6.07, 6.45) is 0. The van der Waals surface area contributed by atoms with Crippen LogP contribution in [-0.2, 0) is 0 Å². The minimum Gasteiger partial charge on any atom is -0.399 e. The van der Waals surface area contributed by atoms with Gasteiger partial charge >= 0.3 is 0 Å². The molecule has 0 aliphatic heterocycles. The second-order valence-corrected chi connectivity index (χ2v) is 3.72. The first-order valence-electron chi connectivity index (χ1n) is 3.59. The Bertz CT molecular complexity index is 510. The van der Waals surface area contributed by atoms with Gasteiger partial charge in [0.05, 0.1) is 0 Å². The molecule has 0 aliphatic rings. The number of nitrogen functional groups attached to an aromatic ring is 1. The molecule has 2 aromatic rings. The van der Waals surface area contributed by atoms with E-state index in [1.807, 2.05) is 6.07 Å². The van der Waals surface area contributed by atoms with E-state index in [9.17, 15) is 4.39 Å². The van der Waals surface area contributed by atoms with Crippen molar-refractivity contribution >= 4 is 27.1 Å². The number of halogens is 1. The van der Waals surface area contributed by atoms with Crippen molar-refractivity contribution in [2.24, 2.45) is 0 Å². The Morgan fingerprint density at radius 2 is 2.15 bits per heavy atom. The number of rotatable bonds is 0. The third-order valence-electron chi connectivity index (χ3n) is 1.72. The monoisotopic (exact) mass is 192 g/mol. The highest BCUT2D eigenvalue weighted by atomic mass is 32.1. The normalized spacial score (nSPS) is 10.2. The van der Waals surface area contributed by atoms with Crippen molar-refractivity contribution < 1.29 is 4.39 Å². The van der Waals surface area contributed by atoms with E-state index in [-0.39, 0.29) is 5.82 Å². The molecule has 13 heavy (non-hydrogen) atoms. The molecule has 2 rings (SSSR count). The third-order valence-corrected chi connectivity index (χ3v) is 2.71. The van der Waals surface area contributed by atoms with E-state index in [4.69, 9.17) is 11.0 Å². The fraction of sp³-hybridized carbons (Fsp3) is 0. The van der Waals surface area contributed by atoms with Crippen molar-refractivity contribution in [1.29, 1.82) is 5.26 Å². The summed E-state index contributed by atoms with van der Waals surface area (Å²) in [7, 11) is 0.